The van der Waals surface area contributed by atoms with Gasteiger partial charge in [0.2, 0.25) is 5.91 Å². The zero-order valence-electron chi connectivity index (χ0n) is 7.59. The molecule has 2 N–H and O–H groups in total. The van der Waals surface area contributed by atoms with Gasteiger partial charge in [-0.2, -0.15) is 0 Å². The van der Waals surface area contributed by atoms with Crippen LogP contribution in [0.15, 0.2) is 24.3 Å². The SMILES string of the molecule is NC(=O)/C=C1/CCc2c(F)cccc21. The van der Waals surface area contributed by atoms with E-state index in [1.165, 1.54) is 12.1 Å². The van der Waals surface area contributed by atoms with E-state index in [0.717, 1.165) is 11.1 Å². The van der Waals surface area contributed by atoms with Crippen LogP contribution in [0.4, 0.5) is 4.39 Å². The monoisotopic (exact) mass is 191 g/mol. The fraction of sp³-hybridized carbons (Fsp3) is 0.182. The quantitative estimate of drug-likeness (QED) is 0.674. The van der Waals surface area contributed by atoms with Crippen molar-refractivity contribution in [1.29, 1.82) is 0 Å². The lowest BCUT2D eigenvalue weighted by Gasteiger charge is -2.00. The van der Waals surface area contributed by atoms with Crippen molar-refractivity contribution in [1.82, 2.24) is 0 Å². The average Bonchev–Trinajstić information content (AvgIpc) is 2.49. The van der Waals surface area contributed by atoms with Crippen molar-refractivity contribution < 1.29 is 9.18 Å². The fourth-order valence-electron chi connectivity index (χ4n) is 1.83. The second-order valence-electron chi connectivity index (χ2n) is 3.34. The standard InChI is InChI=1S/C11H10FNO/c12-10-3-1-2-8-7(6-11(13)14)4-5-9(8)10/h1-3,6H,4-5H2,(H2,13,14)/b7-6-. The highest BCUT2D eigenvalue weighted by molar-refractivity contribution is 5.95. The molecule has 0 radical (unpaired) electrons. The molecule has 1 amide bonds. The Kier molecular flexibility index (Phi) is 2.08. The highest BCUT2D eigenvalue weighted by Gasteiger charge is 2.19. The Morgan fingerprint density at radius 1 is 1.43 bits per heavy atom. The lowest BCUT2D eigenvalue weighted by molar-refractivity contribution is -0.113. The number of primary amides is 1. The van der Waals surface area contributed by atoms with Crippen molar-refractivity contribution >= 4 is 11.5 Å². The number of halogens is 1. The third-order valence-electron chi connectivity index (χ3n) is 2.43. The van der Waals surface area contributed by atoms with Gasteiger partial charge >= 0.3 is 0 Å². The van der Waals surface area contributed by atoms with Gasteiger partial charge in [0.15, 0.2) is 0 Å². The van der Waals surface area contributed by atoms with Gasteiger partial charge < -0.3 is 5.73 Å². The summed E-state index contributed by atoms with van der Waals surface area (Å²) in [5.41, 5.74) is 7.42. The van der Waals surface area contributed by atoms with Gasteiger partial charge in [-0.25, -0.2) is 4.39 Å². The number of rotatable bonds is 1. The minimum Gasteiger partial charge on any atom is -0.366 e. The molecule has 0 heterocycles. The van der Waals surface area contributed by atoms with Crippen LogP contribution >= 0.6 is 0 Å². The molecule has 1 aromatic rings. The van der Waals surface area contributed by atoms with E-state index in [-0.39, 0.29) is 5.82 Å². The van der Waals surface area contributed by atoms with Gasteiger partial charge in [-0.3, -0.25) is 4.79 Å². The summed E-state index contributed by atoms with van der Waals surface area (Å²) in [5, 5.41) is 0. The summed E-state index contributed by atoms with van der Waals surface area (Å²) in [4.78, 5) is 10.7. The molecule has 0 saturated carbocycles. The molecule has 72 valence electrons. The molecule has 0 fully saturated rings. The molecular weight excluding hydrogens is 181 g/mol. The summed E-state index contributed by atoms with van der Waals surface area (Å²) in [6.45, 7) is 0. The zero-order valence-corrected chi connectivity index (χ0v) is 7.59. The maximum atomic E-state index is 13.3. The summed E-state index contributed by atoms with van der Waals surface area (Å²) >= 11 is 0. The third-order valence-corrected chi connectivity index (χ3v) is 2.43. The molecule has 1 aliphatic carbocycles. The Labute approximate surface area is 81.2 Å². The number of benzene rings is 1. The maximum absolute atomic E-state index is 13.3. The highest BCUT2D eigenvalue weighted by Crippen LogP contribution is 2.33. The van der Waals surface area contributed by atoms with E-state index < -0.39 is 5.91 Å². The molecular formula is C11H10FNO. The Bertz CT molecular complexity index is 423. The Morgan fingerprint density at radius 2 is 2.21 bits per heavy atom. The van der Waals surface area contributed by atoms with Crippen molar-refractivity contribution in [2.75, 3.05) is 0 Å². The Morgan fingerprint density at radius 3 is 2.93 bits per heavy atom. The first-order valence-corrected chi connectivity index (χ1v) is 4.46. The Hall–Kier alpha value is -1.64. The smallest absolute Gasteiger partial charge is 0.241 e. The van der Waals surface area contributed by atoms with Crippen LogP contribution in [-0.2, 0) is 11.2 Å². The first-order valence-electron chi connectivity index (χ1n) is 4.46. The molecule has 2 rings (SSSR count). The van der Waals surface area contributed by atoms with E-state index in [2.05, 4.69) is 0 Å². The van der Waals surface area contributed by atoms with Crippen molar-refractivity contribution in [3.05, 3.63) is 41.2 Å². The number of nitrogens with two attached hydrogens (primary N) is 1. The number of fused-ring (bicyclic) bond motifs is 1. The minimum absolute atomic E-state index is 0.199. The van der Waals surface area contributed by atoms with E-state index in [1.54, 1.807) is 6.07 Å². The van der Waals surface area contributed by atoms with Gasteiger partial charge in [-0.05, 0) is 35.6 Å². The molecule has 3 heteroatoms. The second-order valence-corrected chi connectivity index (χ2v) is 3.34. The molecule has 0 atom stereocenters. The molecule has 2 nitrogen and oxygen atoms in total. The zero-order chi connectivity index (χ0) is 10.1. The van der Waals surface area contributed by atoms with E-state index in [0.29, 0.717) is 18.4 Å². The number of amides is 1. The number of hydrogen-bond donors (Lipinski definition) is 1. The highest BCUT2D eigenvalue weighted by atomic mass is 19.1. The molecule has 0 unspecified atom stereocenters. The number of carbonyl (C=O) groups excluding carboxylic acids is 1. The van der Waals surface area contributed by atoms with E-state index in [4.69, 9.17) is 5.73 Å². The topological polar surface area (TPSA) is 43.1 Å². The minimum atomic E-state index is -0.475. The molecule has 0 bridgehead atoms. The molecule has 0 spiro atoms. The van der Waals surface area contributed by atoms with Crippen LogP contribution in [0.3, 0.4) is 0 Å². The summed E-state index contributed by atoms with van der Waals surface area (Å²) in [6.07, 6.45) is 2.73. The Balaban J connectivity index is 2.50. The van der Waals surface area contributed by atoms with Crippen LogP contribution in [0, 0.1) is 5.82 Å². The summed E-state index contributed by atoms with van der Waals surface area (Å²) in [5.74, 6) is -0.674. The molecule has 0 saturated heterocycles. The van der Waals surface area contributed by atoms with Crippen molar-refractivity contribution in [3.8, 4) is 0 Å². The van der Waals surface area contributed by atoms with E-state index >= 15 is 0 Å². The first-order chi connectivity index (χ1) is 6.68. The van der Waals surface area contributed by atoms with Crippen LogP contribution in [0.2, 0.25) is 0 Å². The van der Waals surface area contributed by atoms with E-state index in [1.807, 2.05) is 6.07 Å². The van der Waals surface area contributed by atoms with Crippen molar-refractivity contribution in [2.24, 2.45) is 5.73 Å². The number of allylic oxidation sites excluding steroid dienone is 1. The molecule has 1 aliphatic rings. The summed E-state index contributed by atoms with van der Waals surface area (Å²) in [7, 11) is 0. The van der Waals surface area contributed by atoms with Crippen LogP contribution in [0.1, 0.15) is 17.5 Å². The first kappa shape index (κ1) is 8.94. The van der Waals surface area contributed by atoms with E-state index in [9.17, 15) is 9.18 Å². The average molecular weight is 191 g/mol. The molecule has 0 aromatic heterocycles. The number of carbonyl (C=O) groups is 1. The lowest BCUT2D eigenvalue weighted by atomic mass is 10.1. The summed E-state index contributed by atoms with van der Waals surface area (Å²) in [6, 6.07) is 4.90. The van der Waals surface area contributed by atoms with Gasteiger partial charge in [-0.15, -0.1) is 0 Å². The predicted octanol–water partition coefficient (Wildman–Crippen LogP) is 1.64. The van der Waals surface area contributed by atoms with Crippen LogP contribution in [0.25, 0.3) is 5.57 Å². The van der Waals surface area contributed by atoms with Crippen LogP contribution < -0.4 is 5.73 Å². The normalized spacial score (nSPS) is 17.1. The van der Waals surface area contributed by atoms with Crippen LogP contribution in [0.5, 0.6) is 0 Å². The number of hydrogen-bond acceptors (Lipinski definition) is 1. The van der Waals surface area contributed by atoms with Gasteiger partial charge in [0.25, 0.3) is 0 Å². The second kappa shape index (κ2) is 3.25. The van der Waals surface area contributed by atoms with Crippen molar-refractivity contribution in [2.45, 2.75) is 12.8 Å². The largest absolute Gasteiger partial charge is 0.366 e. The van der Waals surface area contributed by atoms with Crippen molar-refractivity contribution in [3.63, 3.8) is 0 Å². The van der Waals surface area contributed by atoms with Gasteiger partial charge in [0.05, 0.1) is 0 Å². The lowest BCUT2D eigenvalue weighted by Crippen LogP contribution is -2.06. The fourth-order valence-corrected chi connectivity index (χ4v) is 1.83. The van der Waals surface area contributed by atoms with Gasteiger partial charge in [-0.1, -0.05) is 12.1 Å². The maximum Gasteiger partial charge on any atom is 0.241 e. The predicted molar refractivity (Wildman–Crippen MR) is 51.9 cm³/mol. The van der Waals surface area contributed by atoms with Crippen LogP contribution in [-0.4, -0.2) is 5.91 Å². The van der Waals surface area contributed by atoms with Gasteiger partial charge in [0.1, 0.15) is 5.82 Å². The molecule has 14 heavy (non-hydrogen) atoms. The summed E-state index contributed by atoms with van der Waals surface area (Å²) < 4.78 is 13.3. The third kappa shape index (κ3) is 1.41. The molecule has 0 aliphatic heterocycles. The van der Waals surface area contributed by atoms with Gasteiger partial charge in [0, 0.05) is 6.08 Å². The molecule has 1 aromatic carbocycles.